The summed E-state index contributed by atoms with van der Waals surface area (Å²) in [5, 5.41) is 5.50. The number of hydrogen-bond acceptors (Lipinski definition) is 4. The summed E-state index contributed by atoms with van der Waals surface area (Å²) in [6.07, 6.45) is 2.54. The second-order valence-electron chi connectivity index (χ2n) is 6.90. The summed E-state index contributed by atoms with van der Waals surface area (Å²) in [5.41, 5.74) is 1.30. The van der Waals surface area contributed by atoms with Gasteiger partial charge in [-0.2, -0.15) is 0 Å². The molecule has 2 N–H and O–H groups in total. The molecule has 3 rings (SSSR count). The molecule has 140 valence electrons. The highest BCUT2D eigenvalue weighted by Gasteiger charge is 2.47. The third-order valence-electron chi connectivity index (χ3n) is 4.77. The van der Waals surface area contributed by atoms with Crippen LogP contribution in [0, 0.1) is 0 Å². The van der Waals surface area contributed by atoms with E-state index in [4.69, 9.17) is 4.74 Å². The zero-order valence-electron chi connectivity index (χ0n) is 15.2. The van der Waals surface area contributed by atoms with Gasteiger partial charge in [-0.15, -0.1) is 0 Å². The van der Waals surface area contributed by atoms with E-state index in [-0.39, 0.29) is 36.3 Å². The van der Waals surface area contributed by atoms with E-state index in [0.717, 1.165) is 18.4 Å². The minimum atomic E-state index is -0.648. The van der Waals surface area contributed by atoms with Gasteiger partial charge in [-0.25, -0.2) is 0 Å². The molecule has 0 saturated heterocycles. The van der Waals surface area contributed by atoms with Crippen LogP contribution in [0.15, 0.2) is 24.3 Å². The number of carbonyl (C=O) groups excluding carboxylic acids is 3. The van der Waals surface area contributed by atoms with Crippen molar-refractivity contribution in [1.82, 2.24) is 15.5 Å². The number of amides is 3. The van der Waals surface area contributed by atoms with Crippen molar-refractivity contribution in [2.45, 2.75) is 44.3 Å². The van der Waals surface area contributed by atoms with Crippen LogP contribution in [0.25, 0.3) is 0 Å². The Kier molecular flexibility index (Phi) is 5.56. The molecule has 1 saturated carbocycles. The summed E-state index contributed by atoms with van der Waals surface area (Å²) in [7, 11) is 1.61. The number of ether oxygens (including phenoxy) is 1. The lowest BCUT2D eigenvalue weighted by Crippen LogP contribution is -2.45. The molecule has 0 radical (unpaired) electrons. The molecule has 0 aromatic heterocycles. The van der Waals surface area contributed by atoms with E-state index in [0.29, 0.717) is 18.6 Å². The van der Waals surface area contributed by atoms with Crippen molar-refractivity contribution in [3.05, 3.63) is 35.4 Å². The molecule has 2 unspecified atom stereocenters. The van der Waals surface area contributed by atoms with Crippen molar-refractivity contribution < 1.29 is 19.1 Å². The lowest BCUT2D eigenvalue weighted by molar-refractivity contribution is -0.129. The van der Waals surface area contributed by atoms with Crippen molar-refractivity contribution in [2.75, 3.05) is 20.3 Å². The standard InChI is InChI=1S/C19H25N3O4/c1-12(9-10-26-2)21-16(23)11-20-18(24)17-14-5-3-4-6-15(14)19(25)22(17)13-7-8-13/h3-6,12-13,17H,7-11H2,1-2H3,(H,20,24)(H,21,23). The largest absolute Gasteiger partial charge is 0.385 e. The molecule has 2 aliphatic rings. The third-order valence-corrected chi connectivity index (χ3v) is 4.77. The van der Waals surface area contributed by atoms with Gasteiger partial charge >= 0.3 is 0 Å². The van der Waals surface area contributed by atoms with Crippen LogP contribution in [0.4, 0.5) is 0 Å². The van der Waals surface area contributed by atoms with Gasteiger partial charge in [-0.3, -0.25) is 14.4 Å². The summed E-state index contributed by atoms with van der Waals surface area (Å²) in [6.45, 7) is 2.34. The summed E-state index contributed by atoms with van der Waals surface area (Å²) < 4.78 is 4.98. The Labute approximate surface area is 153 Å². The van der Waals surface area contributed by atoms with Gasteiger partial charge in [0.05, 0.1) is 6.54 Å². The van der Waals surface area contributed by atoms with Crippen LogP contribution >= 0.6 is 0 Å². The van der Waals surface area contributed by atoms with Crippen LogP contribution in [0.5, 0.6) is 0 Å². The van der Waals surface area contributed by atoms with Gasteiger partial charge in [0.15, 0.2) is 0 Å². The number of methoxy groups -OCH3 is 1. The van der Waals surface area contributed by atoms with Crippen molar-refractivity contribution in [1.29, 1.82) is 0 Å². The van der Waals surface area contributed by atoms with E-state index in [9.17, 15) is 14.4 Å². The predicted molar refractivity (Wildman–Crippen MR) is 95.5 cm³/mol. The van der Waals surface area contributed by atoms with Gasteiger partial charge in [-0.05, 0) is 37.8 Å². The maximum Gasteiger partial charge on any atom is 0.255 e. The molecule has 0 spiro atoms. The molecule has 1 aromatic rings. The molecule has 26 heavy (non-hydrogen) atoms. The van der Waals surface area contributed by atoms with E-state index in [2.05, 4.69) is 10.6 Å². The molecule has 1 heterocycles. The van der Waals surface area contributed by atoms with E-state index >= 15 is 0 Å². The number of benzene rings is 1. The van der Waals surface area contributed by atoms with Gasteiger partial charge in [0, 0.05) is 31.4 Å². The first-order valence-corrected chi connectivity index (χ1v) is 9.00. The minimum absolute atomic E-state index is 0.0314. The highest BCUT2D eigenvalue weighted by molar-refractivity contribution is 6.05. The Balaban J connectivity index is 1.61. The molecular formula is C19H25N3O4. The van der Waals surface area contributed by atoms with E-state index < -0.39 is 6.04 Å². The monoisotopic (exact) mass is 359 g/mol. The number of fused-ring (bicyclic) bond motifs is 1. The second kappa shape index (κ2) is 7.86. The minimum Gasteiger partial charge on any atom is -0.385 e. The first-order valence-electron chi connectivity index (χ1n) is 9.00. The Morgan fingerprint density at radius 3 is 2.73 bits per heavy atom. The zero-order chi connectivity index (χ0) is 18.7. The molecule has 0 bridgehead atoms. The van der Waals surface area contributed by atoms with E-state index in [1.165, 1.54) is 0 Å². The van der Waals surface area contributed by atoms with Crippen LogP contribution < -0.4 is 10.6 Å². The van der Waals surface area contributed by atoms with Crippen LogP contribution in [0.2, 0.25) is 0 Å². The Morgan fingerprint density at radius 1 is 1.31 bits per heavy atom. The topological polar surface area (TPSA) is 87.7 Å². The Bertz CT molecular complexity index is 702. The zero-order valence-corrected chi connectivity index (χ0v) is 15.2. The molecule has 1 aliphatic carbocycles. The smallest absolute Gasteiger partial charge is 0.255 e. The molecule has 7 heteroatoms. The summed E-state index contributed by atoms with van der Waals surface area (Å²) >= 11 is 0. The fourth-order valence-corrected chi connectivity index (χ4v) is 3.29. The van der Waals surface area contributed by atoms with Crippen molar-refractivity contribution in [3.8, 4) is 0 Å². The molecular weight excluding hydrogens is 334 g/mol. The van der Waals surface area contributed by atoms with Crippen LogP contribution in [-0.4, -0.2) is 55.0 Å². The molecule has 1 fully saturated rings. The molecule has 3 amide bonds. The molecule has 2 atom stereocenters. The quantitative estimate of drug-likeness (QED) is 0.725. The summed E-state index contributed by atoms with van der Waals surface area (Å²) in [4.78, 5) is 39.1. The van der Waals surface area contributed by atoms with Crippen LogP contribution in [0.1, 0.15) is 48.1 Å². The first-order chi connectivity index (χ1) is 12.5. The van der Waals surface area contributed by atoms with Gasteiger partial charge in [0.25, 0.3) is 5.91 Å². The fraction of sp³-hybridized carbons (Fsp3) is 0.526. The highest BCUT2D eigenvalue weighted by atomic mass is 16.5. The van der Waals surface area contributed by atoms with Gasteiger partial charge in [0.2, 0.25) is 11.8 Å². The third kappa shape index (κ3) is 3.88. The van der Waals surface area contributed by atoms with Crippen molar-refractivity contribution >= 4 is 17.7 Å². The molecule has 7 nitrogen and oxygen atoms in total. The first kappa shape index (κ1) is 18.4. The van der Waals surface area contributed by atoms with Gasteiger partial charge in [0.1, 0.15) is 6.04 Å². The summed E-state index contributed by atoms with van der Waals surface area (Å²) in [6, 6.07) is 6.64. The van der Waals surface area contributed by atoms with E-state index in [1.807, 2.05) is 19.1 Å². The normalized spacial score (nSPS) is 19.8. The molecule has 1 aliphatic heterocycles. The lowest BCUT2D eigenvalue weighted by atomic mass is 10.0. The van der Waals surface area contributed by atoms with Crippen molar-refractivity contribution in [3.63, 3.8) is 0 Å². The lowest BCUT2D eigenvalue weighted by Gasteiger charge is -2.24. The Morgan fingerprint density at radius 2 is 2.04 bits per heavy atom. The number of carbonyl (C=O) groups is 3. The maximum atomic E-state index is 12.8. The van der Waals surface area contributed by atoms with Gasteiger partial charge < -0.3 is 20.3 Å². The van der Waals surface area contributed by atoms with Crippen LogP contribution in [0.3, 0.4) is 0 Å². The number of hydrogen-bond donors (Lipinski definition) is 2. The summed E-state index contributed by atoms with van der Waals surface area (Å²) in [5.74, 6) is -0.659. The van der Waals surface area contributed by atoms with Crippen LogP contribution in [-0.2, 0) is 14.3 Å². The average molecular weight is 359 g/mol. The van der Waals surface area contributed by atoms with Crippen molar-refractivity contribution in [2.24, 2.45) is 0 Å². The highest BCUT2D eigenvalue weighted by Crippen LogP contribution is 2.41. The van der Waals surface area contributed by atoms with E-state index in [1.54, 1.807) is 24.1 Å². The SMILES string of the molecule is COCCC(C)NC(=O)CNC(=O)C1c2ccccc2C(=O)N1C1CC1. The molecule has 1 aromatic carbocycles. The number of nitrogens with one attached hydrogen (secondary N) is 2. The fourth-order valence-electron chi connectivity index (χ4n) is 3.29. The number of rotatable bonds is 8. The average Bonchev–Trinajstić information content (AvgIpc) is 3.42. The Hall–Kier alpha value is -2.41. The maximum absolute atomic E-state index is 12.8. The van der Waals surface area contributed by atoms with Gasteiger partial charge in [-0.1, -0.05) is 18.2 Å². The predicted octanol–water partition coefficient (Wildman–Crippen LogP) is 1.00. The number of nitrogens with zero attached hydrogens (tertiary/aromatic N) is 1. The second-order valence-corrected chi connectivity index (χ2v) is 6.90.